The van der Waals surface area contributed by atoms with E-state index in [1.54, 1.807) is 0 Å². The van der Waals surface area contributed by atoms with E-state index in [1.807, 2.05) is 37.3 Å². The van der Waals surface area contributed by atoms with Gasteiger partial charge >= 0.3 is 0 Å². The summed E-state index contributed by atoms with van der Waals surface area (Å²) in [5.41, 5.74) is 0.730. The number of hydrogen-bond donors (Lipinski definition) is 1. The second kappa shape index (κ2) is 5.54. The van der Waals surface area contributed by atoms with Crippen molar-refractivity contribution >= 4 is 5.91 Å². The van der Waals surface area contributed by atoms with Gasteiger partial charge in [-0.2, -0.15) is 0 Å². The zero-order valence-electron chi connectivity index (χ0n) is 9.66. The highest BCUT2D eigenvalue weighted by Crippen LogP contribution is 2.05. The predicted octanol–water partition coefficient (Wildman–Crippen LogP) is 2.85. The van der Waals surface area contributed by atoms with Crippen molar-refractivity contribution in [3.05, 3.63) is 35.9 Å². The number of carbonyl (C=O) groups excluding carboxylic acids is 1. The molecule has 0 fully saturated rings. The Kier molecular flexibility index (Phi) is 4.35. The maximum Gasteiger partial charge on any atom is 0.251 e. The largest absolute Gasteiger partial charge is 0.350 e. The number of nitrogens with one attached hydrogen (secondary N) is 1. The Morgan fingerprint density at radius 1 is 1.20 bits per heavy atom. The molecule has 0 saturated heterocycles. The van der Waals surface area contributed by atoms with Crippen molar-refractivity contribution in [2.24, 2.45) is 5.92 Å². The zero-order chi connectivity index (χ0) is 11.3. The minimum absolute atomic E-state index is 0.0174. The van der Waals surface area contributed by atoms with Crippen molar-refractivity contribution in [1.29, 1.82) is 0 Å². The predicted molar refractivity (Wildman–Crippen MR) is 62.8 cm³/mol. The summed E-state index contributed by atoms with van der Waals surface area (Å²) in [7, 11) is 0. The van der Waals surface area contributed by atoms with Crippen molar-refractivity contribution < 1.29 is 4.79 Å². The van der Waals surface area contributed by atoms with Crippen molar-refractivity contribution in [2.75, 3.05) is 0 Å². The third kappa shape index (κ3) is 4.15. The van der Waals surface area contributed by atoms with Gasteiger partial charge in [0.05, 0.1) is 0 Å². The summed E-state index contributed by atoms with van der Waals surface area (Å²) in [4.78, 5) is 11.7. The highest BCUT2D eigenvalue weighted by atomic mass is 16.1. The van der Waals surface area contributed by atoms with Crippen molar-refractivity contribution in [3.63, 3.8) is 0 Å². The molecule has 1 aromatic carbocycles. The lowest BCUT2D eigenvalue weighted by atomic mass is 10.0. The molecule has 1 atom stereocenters. The SMILES string of the molecule is CC(C)C[C@H](C)NC(=O)c1ccccc1. The molecule has 2 heteroatoms. The van der Waals surface area contributed by atoms with E-state index in [9.17, 15) is 4.79 Å². The summed E-state index contributed by atoms with van der Waals surface area (Å²) in [5.74, 6) is 0.625. The van der Waals surface area contributed by atoms with E-state index >= 15 is 0 Å². The number of benzene rings is 1. The van der Waals surface area contributed by atoms with Crippen LogP contribution in [0.15, 0.2) is 30.3 Å². The van der Waals surface area contributed by atoms with Crippen LogP contribution in [0.1, 0.15) is 37.6 Å². The zero-order valence-corrected chi connectivity index (χ0v) is 9.66. The first-order valence-electron chi connectivity index (χ1n) is 5.45. The fourth-order valence-corrected chi connectivity index (χ4v) is 1.66. The first-order chi connectivity index (χ1) is 7.09. The minimum Gasteiger partial charge on any atom is -0.350 e. The lowest BCUT2D eigenvalue weighted by Gasteiger charge is -2.15. The van der Waals surface area contributed by atoms with Gasteiger partial charge in [0.15, 0.2) is 0 Å². The standard InChI is InChI=1S/C13H19NO/c1-10(2)9-11(3)14-13(15)12-7-5-4-6-8-12/h4-8,10-11H,9H2,1-3H3,(H,14,15)/t11-/m0/s1. The van der Waals surface area contributed by atoms with Crippen LogP contribution in [0, 0.1) is 5.92 Å². The lowest BCUT2D eigenvalue weighted by molar-refractivity contribution is 0.0936. The molecule has 0 aliphatic heterocycles. The van der Waals surface area contributed by atoms with Gasteiger partial charge in [-0.05, 0) is 31.4 Å². The van der Waals surface area contributed by atoms with Crippen molar-refractivity contribution in [3.8, 4) is 0 Å². The highest BCUT2D eigenvalue weighted by Gasteiger charge is 2.09. The molecule has 1 rings (SSSR count). The summed E-state index contributed by atoms with van der Waals surface area (Å²) in [6, 6.07) is 9.56. The molecule has 1 aromatic rings. The van der Waals surface area contributed by atoms with Gasteiger partial charge in [-0.1, -0.05) is 32.0 Å². The quantitative estimate of drug-likeness (QED) is 0.804. The maximum atomic E-state index is 11.7. The van der Waals surface area contributed by atoms with Gasteiger partial charge in [0.25, 0.3) is 5.91 Å². The van der Waals surface area contributed by atoms with Crippen LogP contribution in [-0.2, 0) is 0 Å². The van der Waals surface area contributed by atoms with Gasteiger partial charge < -0.3 is 5.32 Å². The number of amides is 1. The monoisotopic (exact) mass is 205 g/mol. The molecule has 0 radical (unpaired) electrons. The van der Waals surface area contributed by atoms with E-state index in [0.29, 0.717) is 5.92 Å². The molecule has 0 spiro atoms. The molecule has 0 saturated carbocycles. The Balaban J connectivity index is 2.49. The molecular weight excluding hydrogens is 186 g/mol. The van der Waals surface area contributed by atoms with E-state index in [4.69, 9.17) is 0 Å². The molecule has 0 aliphatic rings. The second-order valence-corrected chi connectivity index (χ2v) is 4.37. The normalized spacial score (nSPS) is 12.5. The van der Waals surface area contributed by atoms with E-state index in [2.05, 4.69) is 19.2 Å². The van der Waals surface area contributed by atoms with Gasteiger partial charge in [0, 0.05) is 11.6 Å². The van der Waals surface area contributed by atoms with Crippen LogP contribution in [0.25, 0.3) is 0 Å². The number of hydrogen-bond acceptors (Lipinski definition) is 1. The average Bonchev–Trinajstić information content (AvgIpc) is 2.17. The third-order valence-corrected chi connectivity index (χ3v) is 2.24. The first-order valence-corrected chi connectivity index (χ1v) is 5.45. The Morgan fingerprint density at radius 2 is 1.80 bits per heavy atom. The summed E-state index contributed by atoms with van der Waals surface area (Å²) >= 11 is 0. The molecule has 1 amide bonds. The van der Waals surface area contributed by atoms with E-state index < -0.39 is 0 Å². The fraction of sp³-hybridized carbons (Fsp3) is 0.462. The maximum absolute atomic E-state index is 11.7. The van der Waals surface area contributed by atoms with Gasteiger partial charge in [-0.15, -0.1) is 0 Å². The second-order valence-electron chi connectivity index (χ2n) is 4.37. The van der Waals surface area contributed by atoms with Gasteiger partial charge in [0.1, 0.15) is 0 Å². The Morgan fingerprint density at radius 3 is 2.33 bits per heavy atom. The molecule has 82 valence electrons. The number of rotatable bonds is 4. The average molecular weight is 205 g/mol. The van der Waals surface area contributed by atoms with Crippen LogP contribution in [0.2, 0.25) is 0 Å². The van der Waals surface area contributed by atoms with Crippen LogP contribution in [0.5, 0.6) is 0 Å². The molecule has 15 heavy (non-hydrogen) atoms. The summed E-state index contributed by atoms with van der Waals surface area (Å²) in [5, 5.41) is 2.99. The van der Waals surface area contributed by atoms with Gasteiger partial charge in [-0.3, -0.25) is 4.79 Å². The molecule has 0 unspecified atom stereocenters. The molecule has 2 nitrogen and oxygen atoms in total. The highest BCUT2D eigenvalue weighted by molar-refractivity contribution is 5.94. The van der Waals surface area contributed by atoms with Gasteiger partial charge in [0.2, 0.25) is 0 Å². The van der Waals surface area contributed by atoms with Gasteiger partial charge in [-0.25, -0.2) is 0 Å². The molecule has 0 aliphatic carbocycles. The van der Waals surface area contributed by atoms with Crippen LogP contribution >= 0.6 is 0 Å². The van der Waals surface area contributed by atoms with E-state index in [0.717, 1.165) is 12.0 Å². The fourth-order valence-electron chi connectivity index (χ4n) is 1.66. The topological polar surface area (TPSA) is 29.1 Å². The van der Waals surface area contributed by atoms with E-state index in [1.165, 1.54) is 0 Å². The smallest absolute Gasteiger partial charge is 0.251 e. The molecular formula is C13H19NO. The Bertz CT molecular complexity index is 306. The summed E-state index contributed by atoms with van der Waals surface area (Å²) in [6.45, 7) is 6.36. The van der Waals surface area contributed by atoms with Crippen LogP contribution < -0.4 is 5.32 Å². The molecule has 0 aromatic heterocycles. The first kappa shape index (κ1) is 11.8. The van der Waals surface area contributed by atoms with Crippen LogP contribution in [-0.4, -0.2) is 11.9 Å². The molecule has 0 heterocycles. The summed E-state index contributed by atoms with van der Waals surface area (Å²) in [6.07, 6.45) is 1.01. The van der Waals surface area contributed by atoms with Crippen molar-refractivity contribution in [1.82, 2.24) is 5.32 Å². The number of carbonyl (C=O) groups is 1. The summed E-state index contributed by atoms with van der Waals surface area (Å²) < 4.78 is 0. The van der Waals surface area contributed by atoms with E-state index in [-0.39, 0.29) is 11.9 Å². The van der Waals surface area contributed by atoms with Crippen LogP contribution in [0.3, 0.4) is 0 Å². The Labute approximate surface area is 91.7 Å². The molecule has 0 bridgehead atoms. The van der Waals surface area contributed by atoms with Crippen molar-refractivity contribution in [2.45, 2.75) is 33.2 Å². The molecule has 1 N–H and O–H groups in total. The third-order valence-electron chi connectivity index (χ3n) is 2.24. The minimum atomic E-state index is 0.0174. The lowest BCUT2D eigenvalue weighted by Crippen LogP contribution is -2.33. The van der Waals surface area contributed by atoms with Crippen LogP contribution in [0.4, 0.5) is 0 Å². The Hall–Kier alpha value is -1.31.